The minimum Gasteiger partial charge on any atom is -0.486 e. The van der Waals surface area contributed by atoms with Crippen LogP contribution in [0.2, 0.25) is 0 Å². The van der Waals surface area contributed by atoms with E-state index in [1.54, 1.807) is 0 Å². The molecule has 0 atom stereocenters. The fourth-order valence-electron chi connectivity index (χ4n) is 2.61. The van der Waals surface area contributed by atoms with Crippen molar-refractivity contribution >= 4 is 12.6 Å². The van der Waals surface area contributed by atoms with E-state index in [0.29, 0.717) is 0 Å². The lowest BCUT2D eigenvalue weighted by Crippen LogP contribution is -2.41. The molecule has 0 spiro atoms. The minimum atomic E-state index is -0.602. The van der Waals surface area contributed by atoms with Crippen molar-refractivity contribution in [2.24, 2.45) is 0 Å². The molecule has 0 N–H and O–H groups in total. The largest absolute Gasteiger partial charge is 0.495 e. The standard InChI is InChI=1S/C19H21BF2O3/c1-18(2)19(3,4)25-20(24-18)15-8-6-5-7-13(15)12-23-17-11-14(21)9-10-16(17)22/h5-11H,12H2,1-4H3. The van der Waals surface area contributed by atoms with Crippen LogP contribution in [-0.4, -0.2) is 18.3 Å². The average molecular weight is 346 g/mol. The van der Waals surface area contributed by atoms with Crippen LogP contribution in [-0.2, 0) is 15.9 Å². The highest BCUT2D eigenvalue weighted by Gasteiger charge is 2.52. The zero-order valence-electron chi connectivity index (χ0n) is 14.8. The number of hydrogen-bond acceptors (Lipinski definition) is 3. The van der Waals surface area contributed by atoms with E-state index in [2.05, 4.69) is 0 Å². The van der Waals surface area contributed by atoms with Crippen LogP contribution in [0.4, 0.5) is 8.78 Å². The maximum Gasteiger partial charge on any atom is 0.495 e. The Morgan fingerprint density at radius 1 is 0.960 bits per heavy atom. The molecule has 0 aliphatic carbocycles. The third-order valence-electron chi connectivity index (χ3n) is 4.84. The molecule has 0 amide bonds. The Kier molecular flexibility index (Phi) is 4.60. The summed E-state index contributed by atoms with van der Waals surface area (Å²) >= 11 is 0. The number of halogens is 2. The van der Waals surface area contributed by atoms with Crippen molar-refractivity contribution in [2.45, 2.75) is 45.5 Å². The number of hydrogen-bond donors (Lipinski definition) is 0. The Hall–Kier alpha value is -1.92. The highest BCUT2D eigenvalue weighted by atomic mass is 19.1. The fraction of sp³-hybridized carbons (Fsp3) is 0.368. The Balaban J connectivity index is 1.82. The molecule has 6 heteroatoms. The van der Waals surface area contributed by atoms with Gasteiger partial charge in [-0.05, 0) is 50.9 Å². The molecule has 0 unspecified atom stereocenters. The van der Waals surface area contributed by atoms with Crippen molar-refractivity contribution in [3.63, 3.8) is 0 Å². The van der Waals surface area contributed by atoms with E-state index < -0.39 is 30.0 Å². The molecule has 0 aromatic heterocycles. The van der Waals surface area contributed by atoms with Crippen LogP contribution in [0.15, 0.2) is 42.5 Å². The van der Waals surface area contributed by atoms with E-state index in [1.165, 1.54) is 0 Å². The molecule has 3 nitrogen and oxygen atoms in total. The zero-order valence-corrected chi connectivity index (χ0v) is 14.8. The number of ether oxygens (including phenoxy) is 1. The van der Waals surface area contributed by atoms with E-state index in [4.69, 9.17) is 14.0 Å². The number of benzene rings is 2. The van der Waals surface area contributed by atoms with Gasteiger partial charge in [0.2, 0.25) is 0 Å². The van der Waals surface area contributed by atoms with Crippen LogP contribution in [0.5, 0.6) is 5.75 Å². The van der Waals surface area contributed by atoms with Crippen LogP contribution in [0.25, 0.3) is 0 Å². The van der Waals surface area contributed by atoms with Gasteiger partial charge in [0.15, 0.2) is 11.6 Å². The Morgan fingerprint density at radius 3 is 2.28 bits per heavy atom. The van der Waals surface area contributed by atoms with Crippen LogP contribution >= 0.6 is 0 Å². The summed E-state index contributed by atoms with van der Waals surface area (Å²) in [5, 5.41) is 0. The van der Waals surface area contributed by atoms with Crippen LogP contribution in [0.1, 0.15) is 33.3 Å². The molecule has 1 saturated heterocycles. The average Bonchev–Trinajstić information content (AvgIpc) is 2.76. The highest BCUT2D eigenvalue weighted by Crippen LogP contribution is 2.36. The van der Waals surface area contributed by atoms with Crippen molar-refractivity contribution in [1.29, 1.82) is 0 Å². The van der Waals surface area contributed by atoms with Crippen molar-refractivity contribution in [2.75, 3.05) is 0 Å². The lowest BCUT2D eigenvalue weighted by Gasteiger charge is -2.32. The normalized spacial score (nSPS) is 18.4. The second kappa shape index (κ2) is 6.43. The molecule has 3 rings (SSSR count). The molecule has 1 heterocycles. The van der Waals surface area contributed by atoms with E-state index in [0.717, 1.165) is 29.2 Å². The Bertz CT molecular complexity index is 761. The summed E-state index contributed by atoms with van der Waals surface area (Å²) in [4.78, 5) is 0. The first-order valence-corrected chi connectivity index (χ1v) is 8.21. The van der Waals surface area contributed by atoms with E-state index in [1.807, 2.05) is 52.0 Å². The van der Waals surface area contributed by atoms with Crippen molar-refractivity contribution in [1.82, 2.24) is 0 Å². The summed E-state index contributed by atoms with van der Waals surface area (Å²) in [7, 11) is -0.540. The van der Waals surface area contributed by atoms with E-state index in [-0.39, 0.29) is 12.4 Å². The predicted molar refractivity (Wildman–Crippen MR) is 92.8 cm³/mol. The summed E-state index contributed by atoms with van der Waals surface area (Å²) in [5.74, 6) is -1.27. The molecule has 25 heavy (non-hydrogen) atoms. The van der Waals surface area contributed by atoms with Gasteiger partial charge in [0.05, 0.1) is 11.2 Å². The molecule has 1 fully saturated rings. The van der Waals surface area contributed by atoms with Gasteiger partial charge in [-0.1, -0.05) is 24.3 Å². The molecule has 0 radical (unpaired) electrons. The molecular formula is C19H21BF2O3. The van der Waals surface area contributed by atoms with Gasteiger partial charge in [-0.3, -0.25) is 0 Å². The third-order valence-corrected chi connectivity index (χ3v) is 4.84. The monoisotopic (exact) mass is 346 g/mol. The van der Waals surface area contributed by atoms with E-state index in [9.17, 15) is 8.78 Å². The topological polar surface area (TPSA) is 27.7 Å². The maximum absolute atomic E-state index is 13.7. The Morgan fingerprint density at radius 2 is 1.60 bits per heavy atom. The maximum atomic E-state index is 13.7. The first-order valence-electron chi connectivity index (χ1n) is 8.21. The first kappa shape index (κ1) is 17.9. The van der Waals surface area contributed by atoms with Crippen LogP contribution in [0.3, 0.4) is 0 Å². The van der Waals surface area contributed by atoms with Gasteiger partial charge < -0.3 is 14.0 Å². The lowest BCUT2D eigenvalue weighted by molar-refractivity contribution is 0.00578. The smallest absolute Gasteiger partial charge is 0.486 e. The van der Waals surface area contributed by atoms with Gasteiger partial charge >= 0.3 is 7.12 Å². The van der Waals surface area contributed by atoms with Gasteiger partial charge in [0.1, 0.15) is 12.4 Å². The van der Waals surface area contributed by atoms with Gasteiger partial charge in [-0.25, -0.2) is 8.78 Å². The lowest BCUT2D eigenvalue weighted by atomic mass is 9.76. The second-order valence-electron chi connectivity index (χ2n) is 7.15. The predicted octanol–water partition coefficient (Wildman–Crippen LogP) is 3.84. The second-order valence-corrected chi connectivity index (χ2v) is 7.15. The quantitative estimate of drug-likeness (QED) is 0.788. The molecule has 1 aliphatic rings. The van der Waals surface area contributed by atoms with Gasteiger partial charge in [0.25, 0.3) is 0 Å². The van der Waals surface area contributed by atoms with Crippen molar-refractivity contribution in [3.8, 4) is 5.75 Å². The summed E-state index contributed by atoms with van der Waals surface area (Å²) in [5.41, 5.74) is 0.697. The van der Waals surface area contributed by atoms with Crippen LogP contribution in [0, 0.1) is 11.6 Å². The van der Waals surface area contributed by atoms with Crippen molar-refractivity contribution < 1.29 is 22.8 Å². The van der Waals surface area contributed by atoms with E-state index >= 15 is 0 Å². The van der Waals surface area contributed by atoms with Crippen LogP contribution < -0.4 is 10.2 Å². The van der Waals surface area contributed by atoms with Gasteiger partial charge in [-0.2, -0.15) is 0 Å². The fourth-order valence-corrected chi connectivity index (χ4v) is 2.61. The third kappa shape index (κ3) is 3.55. The molecule has 2 aromatic carbocycles. The van der Waals surface area contributed by atoms with Crippen molar-refractivity contribution in [3.05, 3.63) is 59.7 Å². The summed E-state index contributed by atoms with van der Waals surface area (Å²) in [6.45, 7) is 8.01. The van der Waals surface area contributed by atoms with Gasteiger partial charge in [-0.15, -0.1) is 0 Å². The summed E-state index contributed by atoms with van der Waals surface area (Å²) < 4.78 is 44.6. The molecule has 1 aliphatic heterocycles. The first-order chi connectivity index (χ1) is 11.7. The SMILES string of the molecule is CC1(C)OB(c2ccccc2COc2cc(F)ccc2F)OC1(C)C. The molecular weight excluding hydrogens is 325 g/mol. The molecule has 0 bridgehead atoms. The minimum absolute atomic E-state index is 0.0840. The molecule has 0 saturated carbocycles. The van der Waals surface area contributed by atoms with Gasteiger partial charge in [0, 0.05) is 6.07 Å². The molecule has 132 valence electrons. The summed E-state index contributed by atoms with van der Waals surface area (Å²) in [6.07, 6.45) is 0. The molecule has 2 aromatic rings. The summed E-state index contributed by atoms with van der Waals surface area (Å²) in [6, 6.07) is 10.6. The highest BCUT2D eigenvalue weighted by molar-refractivity contribution is 6.62. The zero-order chi connectivity index (χ0) is 18.2. The Labute approximate surface area is 147 Å². The number of rotatable bonds is 4.